The minimum atomic E-state index is 0.0462. The Hall–Kier alpha value is -0.610. The normalized spacial score (nSPS) is 27.1. The number of aliphatic hydroxyl groups is 1. The molecule has 86 valence electrons. The average molecular weight is 212 g/mol. The molecule has 1 atom stereocenters. The standard InChI is InChI=1S/C11H20N2O2/c14-8-2-7-13-6-1-3-10(11(13)15)12-9-4-5-9/h9-10,12,14H,1-8H2. The zero-order valence-electron chi connectivity index (χ0n) is 9.11. The zero-order chi connectivity index (χ0) is 10.7. The highest BCUT2D eigenvalue weighted by Crippen LogP contribution is 2.22. The van der Waals surface area contributed by atoms with Gasteiger partial charge in [0.05, 0.1) is 6.04 Å². The van der Waals surface area contributed by atoms with Crippen LogP contribution in [0.15, 0.2) is 0 Å². The van der Waals surface area contributed by atoms with Crippen molar-refractivity contribution in [2.24, 2.45) is 0 Å². The molecule has 0 aromatic heterocycles. The lowest BCUT2D eigenvalue weighted by molar-refractivity contribution is -0.136. The van der Waals surface area contributed by atoms with Crippen molar-refractivity contribution in [2.75, 3.05) is 19.7 Å². The van der Waals surface area contributed by atoms with Crippen LogP contribution in [0.4, 0.5) is 0 Å². The molecular formula is C11H20N2O2. The van der Waals surface area contributed by atoms with Crippen LogP contribution in [-0.4, -0.2) is 47.7 Å². The summed E-state index contributed by atoms with van der Waals surface area (Å²) in [6.45, 7) is 1.74. The van der Waals surface area contributed by atoms with E-state index in [0.29, 0.717) is 19.0 Å². The topological polar surface area (TPSA) is 52.6 Å². The van der Waals surface area contributed by atoms with Crippen molar-refractivity contribution in [3.8, 4) is 0 Å². The van der Waals surface area contributed by atoms with Gasteiger partial charge in [0.15, 0.2) is 0 Å². The van der Waals surface area contributed by atoms with Gasteiger partial charge in [-0.05, 0) is 32.1 Å². The van der Waals surface area contributed by atoms with Crippen LogP contribution in [0.2, 0.25) is 0 Å². The number of hydrogen-bond donors (Lipinski definition) is 2. The molecular weight excluding hydrogens is 192 g/mol. The van der Waals surface area contributed by atoms with E-state index >= 15 is 0 Å². The Bertz CT molecular complexity index is 229. The number of piperidine rings is 1. The number of nitrogens with zero attached hydrogens (tertiary/aromatic N) is 1. The molecule has 1 aliphatic heterocycles. The number of nitrogens with one attached hydrogen (secondary N) is 1. The van der Waals surface area contributed by atoms with E-state index in [1.54, 1.807) is 0 Å². The van der Waals surface area contributed by atoms with Gasteiger partial charge in [-0.25, -0.2) is 0 Å². The Balaban J connectivity index is 1.81. The van der Waals surface area contributed by atoms with Gasteiger partial charge in [-0.3, -0.25) is 4.79 Å². The van der Waals surface area contributed by atoms with Gasteiger partial charge in [0.2, 0.25) is 5.91 Å². The predicted octanol–water partition coefficient (Wildman–Crippen LogP) is 0.112. The summed E-state index contributed by atoms with van der Waals surface area (Å²) in [4.78, 5) is 13.9. The van der Waals surface area contributed by atoms with E-state index in [4.69, 9.17) is 5.11 Å². The van der Waals surface area contributed by atoms with Gasteiger partial charge in [-0.1, -0.05) is 0 Å². The third-order valence-electron chi connectivity index (χ3n) is 3.13. The molecule has 0 aromatic carbocycles. The molecule has 0 bridgehead atoms. The second-order valence-electron chi connectivity index (χ2n) is 4.54. The van der Waals surface area contributed by atoms with E-state index in [-0.39, 0.29) is 18.6 Å². The summed E-state index contributed by atoms with van der Waals surface area (Å²) in [7, 11) is 0. The first-order chi connectivity index (χ1) is 7.31. The van der Waals surface area contributed by atoms with Gasteiger partial charge in [0.1, 0.15) is 0 Å². The highest BCUT2D eigenvalue weighted by Gasteiger charge is 2.32. The van der Waals surface area contributed by atoms with Crippen LogP contribution in [0.5, 0.6) is 0 Å². The molecule has 2 N–H and O–H groups in total. The van der Waals surface area contributed by atoms with Crippen molar-refractivity contribution in [2.45, 2.75) is 44.2 Å². The van der Waals surface area contributed by atoms with Crippen LogP contribution in [0.25, 0.3) is 0 Å². The molecule has 2 rings (SSSR count). The van der Waals surface area contributed by atoms with Gasteiger partial charge >= 0.3 is 0 Å². The number of aliphatic hydroxyl groups excluding tert-OH is 1. The average Bonchev–Trinajstić information content (AvgIpc) is 3.03. The monoisotopic (exact) mass is 212 g/mol. The Labute approximate surface area is 90.6 Å². The minimum Gasteiger partial charge on any atom is -0.396 e. The molecule has 2 aliphatic rings. The first-order valence-corrected chi connectivity index (χ1v) is 5.97. The van der Waals surface area contributed by atoms with Crippen molar-refractivity contribution in [3.05, 3.63) is 0 Å². The highest BCUT2D eigenvalue weighted by atomic mass is 16.3. The van der Waals surface area contributed by atoms with Crippen LogP contribution >= 0.6 is 0 Å². The number of rotatable bonds is 5. The Kier molecular flexibility index (Phi) is 3.59. The Morgan fingerprint density at radius 2 is 2.20 bits per heavy atom. The maximum absolute atomic E-state index is 12.0. The lowest BCUT2D eigenvalue weighted by Gasteiger charge is -2.32. The molecule has 1 saturated heterocycles. The summed E-state index contributed by atoms with van der Waals surface area (Å²) in [6, 6.07) is 0.640. The maximum Gasteiger partial charge on any atom is 0.239 e. The quantitative estimate of drug-likeness (QED) is 0.680. The second-order valence-corrected chi connectivity index (χ2v) is 4.54. The molecule has 2 fully saturated rings. The molecule has 4 heteroatoms. The van der Waals surface area contributed by atoms with Crippen molar-refractivity contribution < 1.29 is 9.90 Å². The summed E-state index contributed by atoms with van der Waals surface area (Å²) in [5.74, 6) is 0.238. The van der Waals surface area contributed by atoms with Crippen LogP contribution in [0.3, 0.4) is 0 Å². The van der Waals surface area contributed by atoms with Gasteiger partial charge in [-0.2, -0.15) is 0 Å². The number of amides is 1. The molecule has 0 radical (unpaired) electrons. The zero-order valence-corrected chi connectivity index (χ0v) is 9.11. The van der Waals surface area contributed by atoms with Crippen LogP contribution in [-0.2, 0) is 4.79 Å². The summed E-state index contributed by atoms with van der Waals surface area (Å²) >= 11 is 0. The molecule has 15 heavy (non-hydrogen) atoms. The molecule has 1 saturated carbocycles. The first-order valence-electron chi connectivity index (χ1n) is 5.97. The van der Waals surface area contributed by atoms with E-state index in [2.05, 4.69) is 5.32 Å². The molecule has 1 heterocycles. The smallest absolute Gasteiger partial charge is 0.239 e. The van der Waals surface area contributed by atoms with Gasteiger partial charge in [-0.15, -0.1) is 0 Å². The summed E-state index contributed by atoms with van der Waals surface area (Å²) in [5, 5.41) is 12.1. The van der Waals surface area contributed by atoms with E-state index in [9.17, 15) is 4.79 Å². The third kappa shape index (κ3) is 2.92. The van der Waals surface area contributed by atoms with E-state index in [1.165, 1.54) is 12.8 Å². The SMILES string of the molecule is O=C1C(NC2CC2)CCCN1CCCO. The van der Waals surface area contributed by atoms with Gasteiger partial charge in [0.25, 0.3) is 0 Å². The molecule has 4 nitrogen and oxygen atoms in total. The van der Waals surface area contributed by atoms with Crippen LogP contribution in [0, 0.1) is 0 Å². The first kappa shape index (κ1) is 10.9. The van der Waals surface area contributed by atoms with Crippen LogP contribution < -0.4 is 5.32 Å². The van der Waals surface area contributed by atoms with Gasteiger partial charge in [0, 0.05) is 25.7 Å². The number of carbonyl (C=O) groups excluding carboxylic acids is 1. The van der Waals surface area contributed by atoms with Crippen molar-refractivity contribution in [1.29, 1.82) is 0 Å². The molecule has 1 unspecified atom stereocenters. The number of hydrogen-bond acceptors (Lipinski definition) is 3. The largest absolute Gasteiger partial charge is 0.396 e. The fraction of sp³-hybridized carbons (Fsp3) is 0.909. The second kappa shape index (κ2) is 4.94. The van der Waals surface area contributed by atoms with E-state index in [1.807, 2.05) is 4.90 Å². The maximum atomic E-state index is 12.0. The van der Waals surface area contributed by atoms with Gasteiger partial charge < -0.3 is 15.3 Å². The summed E-state index contributed by atoms with van der Waals surface area (Å²) in [6.07, 6.45) is 5.20. The Morgan fingerprint density at radius 1 is 1.40 bits per heavy atom. The lowest BCUT2D eigenvalue weighted by Crippen LogP contribution is -2.51. The molecule has 0 spiro atoms. The molecule has 1 aliphatic carbocycles. The van der Waals surface area contributed by atoms with Crippen molar-refractivity contribution in [3.63, 3.8) is 0 Å². The van der Waals surface area contributed by atoms with E-state index < -0.39 is 0 Å². The Morgan fingerprint density at radius 3 is 2.87 bits per heavy atom. The predicted molar refractivity (Wildman–Crippen MR) is 57.5 cm³/mol. The molecule has 1 amide bonds. The fourth-order valence-corrected chi connectivity index (χ4v) is 2.11. The minimum absolute atomic E-state index is 0.0462. The van der Waals surface area contributed by atoms with Crippen molar-refractivity contribution >= 4 is 5.91 Å². The summed E-state index contributed by atoms with van der Waals surface area (Å²) < 4.78 is 0. The molecule has 0 aromatic rings. The summed E-state index contributed by atoms with van der Waals surface area (Å²) in [5.41, 5.74) is 0. The highest BCUT2D eigenvalue weighted by molar-refractivity contribution is 5.82. The number of likely N-dealkylation sites (tertiary alicyclic amines) is 1. The fourth-order valence-electron chi connectivity index (χ4n) is 2.11. The third-order valence-corrected chi connectivity index (χ3v) is 3.13. The van der Waals surface area contributed by atoms with Crippen LogP contribution in [0.1, 0.15) is 32.1 Å². The van der Waals surface area contributed by atoms with Crippen molar-refractivity contribution in [1.82, 2.24) is 10.2 Å². The van der Waals surface area contributed by atoms with E-state index in [0.717, 1.165) is 19.4 Å². The number of carbonyl (C=O) groups is 1. The lowest BCUT2D eigenvalue weighted by atomic mass is 10.0.